The summed E-state index contributed by atoms with van der Waals surface area (Å²) in [6, 6.07) is 9.31. The Kier molecular flexibility index (Phi) is 4.71. The van der Waals surface area contributed by atoms with Gasteiger partial charge in [0.1, 0.15) is 0 Å². The predicted octanol–water partition coefficient (Wildman–Crippen LogP) is 2.38. The highest BCUT2D eigenvalue weighted by Gasteiger charge is 2.08. The van der Waals surface area contributed by atoms with E-state index < -0.39 is 10.0 Å². The van der Waals surface area contributed by atoms with Gasteiger partial charge in [-0.2, -0.15) is 0 Å². The van der Waals surface area contributed by atoms with E-state index in [1.54, 1.807) is 6.08 Å². The van der Waals surface area contributed by atoms with Crippen LogP contribution in [0.2, 0.25) is 0 Å². The molecule has 1 atom stereocenters. The Balaban J connectivity index is 2.70. The van der Waals surface area contributed by atoms with Crippen LogP contribution in [-0.2, 0) is 10.0 Å². The van der Waals surface area contributed by atoms with Crippen LogP contribution in [0, 0.1) is 0 Å². The number of rotatable bonds is 5. The Labute approximate surface area is 97.2 Å². The fraction of sp³-hybridized carbons (Fsp3) is 0.333. The minimum absolute atomic E-state index is 0.0366. The second kappa shape index (κ2) is 5.82. The van der Waals surface area contributed by atoms with Crippen molar-refractivity contribution in [2.45, 2.75) is 26.3 Å². The average molecular weight is 239 g/mol. The monoisotopic (exact) mass is 239 g/mol. The summed E-state index contributed by atoms with van der Waals surface area (Å²) in [4.78, 5) is 0. The highest BCUT2D eigenvalue weighted by atomic mass is 32.2. The minimum Gasteiger partial charge on any atom is -0.209 e. The van der Waals surface area contributed by atoms with Crippen LogP contribution in [0.3, 0.4) is 0 Å². The van der Waals surface area contributed by atoms with Gasteiger partial charge in [0.15, 0.2) is 0 Å². The quantitative estimate of drug-likeness (QED) is 0.857. The van der Waals surface area contributed by atoms with Crippen LogP contribution in [0.15, 0.2) is 35.7 Å². The number of benzene rings is 1. The first-order chi connectivity index (χ1) is 7.53. The molecule has 0 aromatic heterocycles. The zero-order chi connectivity index (χ0) is 12.0. The molecule has 0 saturated carbocycles. The van der Waals surface area contributed by atoms with E-state index in [1.165, 1.54) is 5.41 Å². The van der Waals surface area contributed by atoms with Gasteiger partial charge in [0, 0.05) is 11.4 Å². The summed E-state index contributed by atoms with van der Waals surface area (Å²) in [5.74, 6) is 0. The molecule has 0 aliphatic rings. The number of hydrogen-bond acceptors (Lipinski definition) is 2. The van der Waals surface area contributed by atoms with Crippen molar-refractivity contribution in [2.24, 2.45) is 0 Å². The van der Waals surface area contributed by atoms with Gasteiger partial charge >= 0.3 is 0 Å². The maximum atomic E-state index is 11.6. The van der Waals surface area contributed by atoms with Crippen molar-refractivity contribution in [2.75, 3.05) is 0 Å². The lowest BCUT2D eigenvalue weighted by Crippen LogP contribution is -2.30. The second-order valence-electron chi connectivity index (χ2n) is 3.69. The van der Waals surface area contributed by atoms with Crippen molar-refractivity contribution in [3.8, 4) is 0 Å². The van der Waals surface area contributed by atoms with Gasteiger partial charge in [-0.25, -0.2) is 13.1 Å². The first-order valence-corrected chi connectivity index (χ1v) is 6.83. The summed E-state index contributed by atoms with van der Waals surface area (Å²) in [6.45, 7) is 3.78. The zero-order valence-corrected chi connectivity index (χ0v) is 10.4. The van der Waals surface area contributed by atoms with E-state index in [0.29, 0.717) is 0 Å². The van der Waals surface area contributed by atoms with Gasteiger partial charge in [0.05, 0.1) is 0 Å². The SMILES string of the molecule is CC[C@H](C)NS(=O)(=O)/C=C/c1ccccc1. The Morgan fingerprint density at radius 1 is 1.31 bits per heavy atom. The fourth-order valence-corrected chi connectivity index (χ4v) is 2.28. The third-order valence-electron chi connectivity index (χ3n) is 2.22. The van der Waals surface area contributed by atoms with Crippen LogP contribution in [-0.4, -0.2) is 14.5 Å². The molecule has 3 nitrogen and oxygen atoms in total. The molecule has 1 rings (SSSR count). The molecule has 0 heterocycles. The molecule has 16 heavy (non-hydrogen) atoms. The molecule has 0 aliphatic heterocycles. The van der Waals surface area contributed by atoms with Gasteiger partial charge in [-0.3, -0.25) is 0 Å². The third-order valence-corrected chi connectivity index (χ3v) is 3.44. The first-order valence-electron chi connectivity index (χ1n) is 5.29. The lowest BCUT2D eigenvalue weighted by Gasteiger charge is -2.08. The molecule has 0 spiro atoms. The summed E-state index contributed by atoms with van der Waals surface area (Å²) in [5.41, 5.74) is 0.872. The predicted molar refractivity (Wildman–Crippen MR) is 67.3 cm³/mol. The molecule has 88 valence electrons. The Morgan fingerprint density at radius 3 is 2.50 bits per heavy atom. The summed E-state index contributed by atoms with van der Waals surface area (Å²) < 4.78 is 25.7. The molecular weight excluding hydrogens is 222 g/mol. The van der Waals surface area contributed by atoms with Crippen LogP contribution in [0.25, 0.3) is 6.08 Å². The molecular formula is C12H17NO2S. The molecule has 0 unspecified atom stereocenters. The zero-order valence-electron chi connectivity index (χ0n) is 9.55. The van der Waals surface area contributed by atoms with Crippen molar-refractivity contribution in [3.05, 3.63) is 41.3 Å². The number of nitrogens with one attached hydrogen (secondary N) is 1. The fourth-order valence-electron chi connectivity index (χ4n) is 1.14. The van der Waals surface area contributed by atoms with Crippen LogP contribution in [0.1, 0.15) is 25.8 Å². The standard InChI is InChI=1S/C12H17NO2S/c1-3-11(2)13-16(14,15)10-9-12-7-5-4-6-8-12/h4-11,13H,3H2,1-2H3/b10-9+/t11-/m0/s1. The molecule has 0 amide bonds. The van der Waals surface area contributed by atoms with E-state index in [4.69, 9.17) is 0 Å². The van der Waals surface area contributed by atoms with Crippen molar-refractivity contribution in [1.29, 1.82) is 0 Å². The van der Waals surface area contributed by atoms with Gasteiger partial charge in [-0.1, -0.05) is 37.3 Å². The molecule has 0 bridgehead atoms. The normalized spacial score (nSPS) is 14.1. The third kappa shape index (κ3) is 4.59. The molecule has 1 N–H and O–H groups in total. The van der Waals surface area contributed by atoms with Gasteiger partial charge in [-0.15, -0.1) is 0 Å². The van der Waals surface area contributed by atoms with E-state index >= 15 is 0 Å². The van der Waals surface area contributed by atoms with E-state index in [0.717, 1.165) is 12.0 Å². The van der Waals surface area contributed by atoms with Crippen molar-refractivity contribution >= 4 is 16.1 Å². The molecule has 0 saturated heterocycles. The van der Waals surface area contributed by atoms with Crippen LogP contribution >= 0.6 is 0 Å². The molecule has 1 aromatic rings. The van der Waals surface area contributed by atoms with Gasteiger partial charge in [0.2, 0.25) is 10.0 Å². The molecule has 0 aliphatic carbocycles. The molecule has 0 fully saturated rings. The largest absolute Gasteiger partial charge is 0.233 e. The highest BCUT2D eigenvalue weighted by Crippen LogP contribution is 2.03. The maximum Gasteiger partial charge on any atom is 0.233 e. The molecule has 0 radical (unpaired) electrons. The smallest absolute Gasteiger partial charge is 0.209 e. The first kappa shape index (κ1) is 12.9. The number of sulfonamides is 1. The van der Waals surface area contributed by atoms with Gasteiger partial charge < -0.3 is 0 Å². The van der Waals surface area contributed by atoms with Crippen molar-refractivity contribution in [3.63, 3.8) is 0 Å². The Hall–Kier alpha value is -1.13. The second-order valence-corrected chi connectivity index (χ2v) is 5.28. The van der Waals surface area contributed by atoms with Crippen LogP contribution in [0.5, 0.6) is 0 Å². The average Bonchev–Trinajstić information content (AvgIpc) is 2.27. The summed E-state index contributed by atoms with van der Waals surface area (Å²) in [6.07, 6.45) is 2.36. The van der Waals surface area contributed by atoms with Crippen molar-refractivity contribution in [1.82, 2.24) is 4.72 Å². The van der Waals surface area contributed by atoms with Crippen LogP contribution in [0.4, 0.5) is 0 Å². The number of hydrogen-bond donors (Lipinski definition) is 1. The lowest BCUT2D eigenvalue weighted by molar-refractivity contribution is 0.564. The Bertz CT molecular complexity index is 437. The van der Waals surface area contributed by atoms with Crippen LogP contribution < -0.4 is 4.72 Å². The van der Waals surface area contributed by atoms with Gasteiger partial charge in [-0.05, 0) is 25.0 Å². The molecule has 4 heteroatoms. The van der Waals surface area contributed by atoms with E-state index in [-0.39, 0.29) is 6.04 Å². The summed E-state index contributed by atoms with van der Waals surface area (Å²) in [7, 11) is -3.32. The summed E-state index contributed by atoms with van der Waals surface area (Å²) >= 11 is 0. The summed E-state index contributed by atoms with van der Waals surface area (Å²) in [5, 5.41) is 1.20. The Morgan fingerprint density at radius 2 is 1.94 bits per heavy atom. The topological polar surface area (TPSA) is 46.2 Å². The maximum absolute atomic E-state index is 11.6. The molecule has 1 aromatic carbocycles. The highest BCUT2D eigenvalue weighted by molar-refractivity contribution is 7.92. The van der Waals surface area contributed by atoms with Gasteiger partial charge in [0.25, 0.3) is 0 Å². The van der Waals surface area contributed by atoms with E-state index in [2.05, 4.69) is 4.72 Å². The van der Waals surface area contributed by atoms with E-state index in [1.807, 2.05) is 44.2 Å². The van der Waals surface area contributed by atoms with Crippen molar-refractivity contribution < 1.29 is 8.42 Å². The minimum atomic E-state index is -3.32. The lowest BCUT2D eigenvalue weighted by atomic mass is 10.2. The van der Waals surface area contributed by atoms with E-state index in [9.17, 15) is 8.42 Å².